The summed E-state index contributed by atoms with van der Waals surface area (Å²) in [6, 6.07) is 0. The second-order valence-electron chi connectivity index (χ2n) is 7.41. The van der Waals surface area contributed by atoms with E-state index in [9.17, 15) is 5.11 Å². The Bertz CT molecular complexity index is 327. The minimum Gasteiger partial charge on any atom is -0.396 e. The van der Waals surface area contributed by atoms with Gasteiger partial charge in [-0.2, -0.15) is 0 Å². The lowest BCUT2D eigenvalue weighted by atomic mass is 9.64. The van der Waals surface area contributed by atoms with E-state index < -0.39 is 0 Å². The molecule has 4 fully saturated rings. The van der Waals surface area contributed by atoms with Crippen molar-refractivity contribution >= 4 is 0 Å². The summed E-state index contributed by atoms with van der Waals surface area (Å²) in [5, 5.41) is 9.43. The van der Waals surface area contributed by atoms with E-state index in [0.717, 1.165) is 35.5 Å². The molecule has 2 bridgehead atoms. The third kappa shape index (κ3) is 1.48. The first-order valence-corrected chi connectivity index (χ1v) is 7.95. The number of methoxy groups -OCH3 is 1. The maximum atomic E-state index is 9.43. The smallest absolute Gasteiger partial charge is 0.0574 e. The molecule has 0 heterocycles. The van der Waals surface area contributed by atoms with Crippen molar-refractivity contribution in [2.45, 2.75) is 44.6 Å². The Morgan fingerprint density at radius 1 is 0.833 bits per heavy atom. The fraction of sp³-hybridized carbons (Fsp3) is 1.00. The molecular weight excluding hydrogens is 224 g/mol. The fourth-order valence-corrected chi connectivity index (χ4v) is 6.42. The molecule has 2 heteroatoms. The largest absolute Gasteiger partial charge is 0.396 e. The van der Waals surface area contributed by atoms with Gasteiger partial charge < -0.3 is 9.84 Å². The van der Waals surface area contributed by atoms with Crippen molar-refractivity contribution in [2.24, 2.45) is 41.4 Å². The number of hydrogen-bond acceptors (Lipinski definition) is 2. The first kappa shape index (κ1) is 11.7. The molecule has 1 N–H and O–H groups in total. The minimum atomic E-state index is 0.433. The van der Waals surface area contributed by atoms with Gasteiger partial charge in [-0.1, -0.05) is 0 Å². The summed E-state index contributed by atoms with van der Waals surface area (Å²) >= 11 is 0. The van der Waals surface area contributed by atoms with Crippen molar-refractivity contribution in [3.05, 3.63) is 0 Å². The summed E-state index contributed by atoms with van der Waals surface area (Å²) in [5.74, 6) is 6.55. The molecule has 0 aliphatic heterocycles. The van der Waals surface area contributed by atoms with Crippen LogP contribution in [0, 0.1) is 41.4 Å². The quantitative estimate of drug-likeness (QED) is 0.816. The molecule has 8 atom stereocenters. The average molecular weight is 250 g/mol. The zero-order valence-electron chi connectivity index (χ0n) is 11.4. The van der Waals surface area contributed by atoms with E-state index >= 15 is 0 Å². The molecule has 0 aromatic carbocycles. The first-order chi connectivity index (χ1) is 8.81. The molecule has 0 aromatic heterocycles. The molecule has 0 aromatic rings. The van der Waals surface area contributed by atoms with Gasteiger partial charge in [-0.05, 0) is 80.0 Å². The van der Waals surface area contributed by atoms with Gasteiger partial charge >= 0.3 is 0 Å². The van der Waals surface area contributed by atoms with Crippen LogP contribution in [0.25, 0.3) is 0 Å². The summed E-state index contributed by atoms with van der Waals surface area (Å²) in [6.45, 7) is 0.433. The van der Waals surface area contributed by atoms with Crippen LogP contribution >= 0.6 is 0 Å². The first-order valence-electron chi connectivity index (χ1n) is 7.95. The molecule has 0 saturated heterocycles. The van der Waals surface area contributed by atoms with E-state index in [1.54, 1.807) is 0 Å². The van der Waals surface area contributed by atoms with Gasteiger partial charge in [-0.15, -0.1) is 0 Å². The highest BCUT2D eigenvalue weighted by Crippen LogP contribution is 2.67. The normalized spacial score (nSPS) is 57.7. The zero-order valence-corrected chi connectivity index (χ0v) is 11.4. The summed E-state index contributed by atoms with van der Waals surface area (Å²) in [5.41, 5.74) is 0. The van der Waals surface area contributed by atoms with Crippen molar-refractivity contribution in [1.29, 1.82) is 0 Å². The lowest BCUT2D eigenvalue weighted by Gasteiger charge is -2.43. The minimum absolute atomic E-state index is 0.433. The maximum absolute atomic E-state index is 9.43. The van der Waals surface area contributed by atoms with Crippen molar-refractivity contribution in [2.75, 3.05) is 13.7 Å². The molecule has 4 aliphatic rings. The predicted octanol–water partition coefficient (Wildman–Crippen LogP) is 2.70. The molecule has 2 nitrogen and oxygen atoms in total. The van der Waals surface area contributed by atoms with Crippen molar-refractivity contribution in [3.63, 3.8) is 0 Å². The highest BCUT2D eigenvalue weighted by Gasteiger charge is 2.60. The molecule has 4 aliphatic carbocycles. The Balaban J connectivity index is 1.54. The van der Waals surface area contributed by atoms with E-state index in [2.05, 4.69) is 0 Å². The van der Waals surface area contributed by atoms with Gasteiger partial charge in [0, 0.05) is 13.7 Å². The number of aliphatic hydroxyl groups is 1. The van der Waals surface area contributed by atoms with Crippen LogP contribution in [0.15, 0.2) is 0 Å². The predicted molar refractivity (Wildman–Crippen MR) is 70.0 cm³/mol. The van der Waals surface area contributed by atoms with Gasteiger partial charge in [0.2, 0.25) is 0 Å². The number of fused-ring (bicyclic) bond motifs is 8. The molecule has 0 amide bonds. The van der Waals surface area contributed by atoms with Crippen LogP contribution in [0.5, 0.6) is 0 Å². The molecule has 4 rings (SSSR count). The highest BCUT2D eigenvalue weighted by atomic mass is 16.5. The lowest BCUT2D eigenvalue weighted by Crippen LogP contribution is -2.38. The van der Waals surface area contributed by atoms with E-state index in [1.165, 1.54) is 38.5 Å². The Kier molecular flexibility index (Phi) is 2.74. The van der Waals surface area contributed by atoms with Gasteiger partial charge in [0.15, 0.2) is 0 Å². The summed E-state index contributed by atoms with van der Waals surface area (Å²) < 4.78 is 5.62. The molecule has 0 radical (unpaired) electrons. The SMILES string of the molecule is COC1CCC2C(C1)C1CC2C2CC(CO)CC21. The molecule has 0 spiro atoms. The van der Waals surface area contributed by atoms with Crippen LogP contribution in [0.1, 0.15) is 38.5 Å². The Hall–Kier alpha value is -0.0800. The van der Waals surface area contributed by atoms with Crippen LogP contribution in [0.3, 0.4) is 0 Å². The van der Waals surface area contributed by atoms with Crippen LogP contribution in [0.2, 0.25) is 0 Å². The van der Waals surface area contributed by atoms with Crippen LogP contribution in [0.4, 0.5) is 0 Å². The molecule has 102 valence electrons. The van der Waals surface area contributed by atoms with Gasteiger partial charge in [0.05, 0.1) is 6.10 Å². The van der Waals surface area contributed by atoms with Crippen LogP contribution < -0.4 is 0 Å². The van der Waals surface area contributed by atoms with E-state index in [-0.39, 0.29) is 0 Å². The third-order valence-electron chi connectivity index (χ3n) is 7.00. The number of aliphatic hydroxyl groups excluding tert-OH is 1. The summed E-state index contributed by atoms with van der Waals surface area (Å²) in [4.78, 5) is 0. The zero-order chi connectivity index (χ0) is 12.3. The van der Waals surface area contributed by atoms with Crippen molar-refractivity contribution in [1.82, 2.24) is 0 Å². The molecule has 18 heavy (non-hydrogen) atoms. The van der Waals surface area contributed by atoms with Gasteiger partial charge in [0.1, 0.15) is 0 Å². The van der Waals surface area contributed by atoms with E-state index in [1.807, 2.05) is 7.11 Å². The van der Waals surface area contributed by atoms with Gasteiger partial charge in [0.25, 0.3) is 0 Å². The molecular formula is C16H26O2. The molecule has 8 unspecified atom stereocenters. The topological polar surface area (TPSA) is 29.5 Å². The second kappa shape index (κ2) is 4.21. The Morgan fingerprint density at radius 2 is 1.44 bits per heavy atom. The number of rotatable bonds is 2. The van der Waals surface area contributed by atoms with Crippen molar-refractivity contribution in [3.8, 4) is 0 Å². The van der Waals surface area contributed by atoms with Crippen LogP contribution in [-0.2, 0) is 4.74 Å². The van der Waals surface area contributed by atoms with Crippen LogP contribution in [-0.4, -0.2) is 24.9 Å². The highest BCUT2D eigenvalue weighted by molar-refractivity contribution is 5.09. The maximum Gasteiger partial charge on any atom is 0.0574 e. The molecule has 4 saturated carbocycles. The van der Waals surface area contributed by atoms with Gasteiger partial charge in [-0.3, -0.25) is 0 Å². The van der Waals surface area contributed by atoms with Crippen molar-refractivity contribution < 1.29 is 9.84 Å². The summed E-state index contributed by atoms with van der Waals surface area (Å²) in [7, 11) is 1.89. The number of hydrogen-bond donors (Lipinski definition) is 1. The Morgan fingerprint density at radius 3 is 2.11 bits per heavy atom. The van der Waals surface area contributed by atoms with Gasteiger partial charge in [-0.25, -0.2) is 0 Å². The fourth-order valence-electron chi connectivity index (χ4n) is 6.42. The average Bonchev–Trinajstić information content (AvgIpc) is 3.06. The summed E-state index contributed by atoms with van der Waals surface area (Å²) in [6.07, 6.45) is 8.75. The number of ether oxygens (including phenoxy) is 1. The van der Waals surface area contributed by atoms with E-state index in [0.29, 0.717) is 18.6 Å². The third-order valence-corrected chi connectivity index (χ3v) is 7.00. The second-order valence-corrected chi connectivity index (χ2v) is 7.41. The standard InChI is InChI=1S/C16H26O2/c1-18-10-2-3-11-14(6-10)16-7-15(11)12-4-9(8-17)5-13(12)16/h9-17H,2-8H2,1H3. The lowest BCUT2D eigenvalue weighted by molar-refractivity contribution is -0.0104. The Labute approximate surface area is 110 Å². The van der Waals surface area contributed by atoms with E-state index in [4.69, 9.17) is 4.74 Å². The monoisotopic (exact) mass is 250 g/mol.